The fraction of sp³-hybridized carbons (Fsp3) is 0.875. The summed E-state index contributed by atoms with van der Waals surface area (Å²) in [6, 6.07) is 0. The van der Waals surface area contributed by atoms with Crippen molar-refractivity contribution in [1.82, 2.24) is 4.42 Å². The molecule has 1 heterocycles. The van der Waals surface area contributed by atoms with Gasteiger partial charge in [0.1, 0.15) is 0 Å². The van der Waals surface area contributed by atoms with Crippen molar-refractivity contribution in [3.05, 3.63) is 0 Å². The zero-order valence-corrected chi connectivity index (χ0v) is 7.75. The second-order valence-electron chi connectivity index (χ2n) is 3.43. The van der Waals surface area contributed by atoms with Crippen LogP contribution in [0.4, 0.5) is 0 Å². The molecule has 0 aromatic heterocycles. The average molecular weight is 190 g/mol. The van der Waals surface area contributed by atoms with Crippen LogP contribution in [0, 0.1) is 17.8 Å². The highest BCUT2D eigenvalue weighted by Gasteiger charge is 2.60. The number of piperidine rings is 1. The number of hydrogen-bond donors (Lipinski definition) is 0. The number of fused-ring (bicyclic) bond motifs is 1. The molecule has 0 N–H and O–H groups in total. The number of halogens is 1. The number of ether oxygens (including phenoxy) is 1. The van der Waals surface area contributed by atoms with Crippen LogP contribution in [0.25, 0.3) is 0 Å². The molecule has 2 unspecified atom stereocenters. The Hall–Kier alpha value is -0.280. The quantitative estimate of drug-likeness (QED) is 0.477. The van der Waals surface area contributed by atoms with Gasteiger partial charge in [0.25, 0.3) is 0 Å². The minimum atomic E-state index is -0.0303. The van der Waals surface area contributed by atoms with Gasteiger partial charge in [-0.25, -0.2) is 4.42 Å². The molecule has 68 valence electrons. The predicted octanol–water partition coefficient (Wildman–Crippen LogP) is 0.881. The Kier molecular flexibility index (Phi) is 2.00. The number of rotatable bonds is 2. The van der Waals surface area contributed by atoms with Crippen LogP contribution in [0.2, 0.25) is 0 Å². The van der Waals surface area contributed by atoms with Crippen LogP contribution >= 0.6 is 11.8 Å². The molecule has 1 saturated heterocycles. The van der Waals surface area contributed by atoms with Crippen molar-refractivity contribution in [2.45, 2.75) is 6.92 Å². The summed E-state index contributed by atoms with van der Waals surface area (Å²) >= 11 is 5.77. The van der Waals surface area contributed by atoms with Crippen LogP contribution in [0.15, 0.2) is 0 Å². The Morgan fingerprint density at radius 2 is 2.17 bits per heavy atom. The summed E-state index contributed by atoms with van der Waals surface area (Å²) in [5.41, 5.74) is 0. The first-order chi connectivity index (χ1) is 5.74. The van der Waals surface area contributed by atoms with Crippen LogP contribution in [0.5, 0.6) is 0 Å². The standard InChI is InChI=1S/C8H12ClNO2/c1-2-12-8(11)7-5-3-10(9)4-6(5)7/h5-7H,2-4H2,1H3. The molecule has 0 amide bonds. The van der Waals surface area contributed by atoms with E-state index in [2.05, 4.69) is 0 Å². The molecule has 0 spiro atoms. The maximum Gasteiger partial charge on any atom is 0.309 e. The molecule has 2 atom stereocenters. The number of carbonyl (C=O) groups excluding carboxylic acids is 1. The zero-order valence-electron chi connectivity index (χ0n) is 7.00. The monoisotopic (exact) mass is 189 g/mol. The molecule has 2 aliphatic rings. The SMILES string of the molecule is CCOC(=O)C1C2CN(Cl)CC21. The van der Waals surface area contributed by atoms with Gasteiger partial charge in [-0.15, -0.1) is 0 Å². The third-order valence-electron chi connectivity index (χ3n) is 2.71. The average Bonchev–Trinajstić information content (AvgIpc) is 2.51. The van der Waals surface area contributed by atoms with Gasteiger partial charge in [-0.3, -0.25) is 4.79 Å². The van der Waals surface area contributed by atoms with Crippen LogP contribution in [0.1, 0.15) is 6.92 Å². The predicted molar refractivity (Wildman–Crippen MR) is 44.5 cm³/mol. The third kappa shape index (κ3) is 1.21. The fourth-order valence-corrected chi connectivity index (χ4v) is 2.38. The van der Waals surface area contributed by atoms with Gasteiger partial charge in [-0.05, 0) is 30.5 Å². The maximum atomic E-state index is 11.2. The topological polar surface area (TPSA) is 29.5 Å². The molecule has 0 aromatic carbocycles. The molecule has 12 heavy (non-hydrogen) atoms. The van der Waals surface area contributed by atoms with E-state index in [4.69, 9.17) is 16.5 Å². The molecule has 0 aromatic rings. The van der Waals surface area contributed by atoms with Gasteiger partial charge in [0, 0.05) is 13.1 Å². The van der Waals surface area contributed by atoms with Gasteiger partial charge in [0.2, 0.25) is 0 Å². The van der Waals surface area contributed by atoms with E-state index in [0.29, 0.717) is 18.4 Å². The summed E-state index contributed by atoms with van der Waals surface area (Å²) in [4.78, 5) is 11.2. The molecular weight excluding hydrogens is 178 g/mol. The molecule has 1 aliphatic carbocycles. The molecule has 1 saturated carbocycles. The third-order valence-corrected chi connectivity index (χ3v) is 2.98. The molecule has 2 fully saturated rings. The second kappa shape index (κ2) is 2.89. The van der Waals surface area contributed by atoms with Crippen LogP contribution < -0.4 is 0 Å². The van der Waals surface area contributed by atoms with E-state index in [9.17, 15) is 4.79 Å². The van der Waals surface area contributed by atoms with Crippen molar-refractivity contribution in [3.8, 4) is 0 Å². The number of carbonyl (C=O) groups is 1. The van der Waals surface area contributed by atoms with Crippen LogP contribution in [-0.2, 0) is 9.53 Å². The Morgan fingerprint density at radius 1 is 1.58 bits per heavy atom. The Morgan fingerprint density at radius 3 is 2.67 bits per heavy atom. The van der Waals surface area contributed by atoms with E-state index in [0.717, 1.165) is 13.1 Å². The molecule has 0 bridgehead atoms. The summed E-state index contributed by atoms with van der Waals surface area (Å²) in [7, 11) is 0. The van der Waals surface area contributed by atoms with E-state index in [-0.39, 0.29) is 11.9 Å². The van der Waals surface area contributed by atoms with Crippen molar-refractivity contribution < 1.29 is 9.53 Å². The van der Waals surface area contributed by atoms with Crippen molar-refractivity contribution in [2.75, 3.05) is 19.7 Å². The Labute approximate surface area is 76.7 Å². The minimum absolute atomic E-state index is 0.0303. The number of hydrogen-bond acceptors (Lipinski definition) is 3. The first kappa shape index (κ1) is 8.32. The highest BCUT2D eigenvalue weighted by molar-refractivity contribution is 6.13. The van der Waals surface area contributed by atoms with Gasteiger partial charge in [-0.2, -0.15) is 0 Å². The van der Waals surface area contributed by atoms with Crippen LogP contribution in [0.3, 0.4) is 0 Å². The summed E-state index contributed by atoms with van der Waals surface area (Å²) in [6.45, 7) is 4.01. The van der Waals surface area contributed by atoms with Crippen molar-refractivity contribution in [1.29, 1.82) is 0 Å². The smallest absolute Gasteiger partial charge is 0.309 e. The van der Waals surface area contributed by atoms with E-state index >= 15 is 0 Å². The number of esters is 1. The van der Waals surface area contributed by atoms with E-state index in [1.54, 1.807) is 4.42 Å². The molecule has 1 aliphatic heterocycles. The summed E-state index contributed by atoms with van der Waals surface area (Å²) in [6.07, 6.45) is 0. The lowest BCUT2D eigenvalue weighted by Gasteiger charge is -2.09. The normalized spacial score (nSPS) is 39.3. The first-order valence-electron chi connectivity index (χ1n) is 4.31. The van der Waals surface area contributed by atoms with Crippen molar-refractivity contribution in [3.63, 3.8) is 0 Å². The van der Waals surface area contributed by atoms with Gasteiger partial charge in [-0.1, -0.05) is 0 Å². The number of nitrogens with zero attached hydrogens (tertiary/aromatic N) is 1. The first-order valence-corrected chi connectivity index (χ1v) is 4.65. The lowest BCUT2D eigenvalue weighted by atomic mass is 10.3. The molecule has 2 rings (SSSR count). The highest BCUT2D eigenvalue weighted by Crippen LogP contribution is 2.52. The highest BCUT2D eigenvalue weighted by atomic mass is 35.5. The largest absolute Gasteiger partial charge is 0.466 e. The maximum absolute atomic E-state index is 11.2. The molecule has 4 heteroatoms. The lowest BCUT2D eigenvalue weighted by molar-refractivity contribution is -0.145. The van der Waals surface area contributed by atoms with E-state index < -0.39 is 0 Å². The molecule has 3 nitrogen and oxygen atoms in total. The van der Waals surface area contributed by atoms with Gasteiger partial charge in [0.05, 0.1) is 12.5 Å². The van der Waals surface area contributed by atoms with E-state index in [1.807, 2.05) is 6.92 Å². The summed E-state index contributed by atoms with van der Waals surface area (Å²) in [5.74, 6) is 1.07. The molecule has 0 radical (unpaired) electrons. The molecular formula is C8H12ClNO2. The lowest BCUT2D eigenvalue weighted by Crippen LogP contribution is -2.19. The van der Waals surface area contributed by atoms with Gasteiger partial charge < -0.3 is 4.74 Å². The van der Waals surface area contributed by atoms with Gasteiger partial charge in [0.15, 0.2) is 0 Å². The van der Waals surface area contributed by atoms with Gasteiger partial charge >= 0.3 is 5.97 Å². The fourth-order valence-electron chi connectivity index (χ4n) is 2.06. The second-order valence-corrected chi connectivity index (χ2v) is 3.91. The minimum Gasteiger partial charge on any atom is -0.466 e. The Bertz CT molecular complexity index is 197. The summed E-state index contributed by atoms with van der Waals surface area (Å²) < 4.78 is 6.69. The van der Waals surface area contributed by atoms with E-state index in [1.165, 1.54) is 0 Å². The van der Waals surface area contributed by atoms with Crippen LogP contribution in [-0.4, -0.2) is 30.1 Å². The van der Waals surface area contributed by atoms with Crippen molar-refractivity contribution >= 4 is 17.7 Å². The van der Waals surface area contributed by atoms with Crippen molar-refractivity contribution in [2.24, 2.45) is 17.8 Å². The Balaban J connectivity index is 1.85. The zero-order chi connectivity index (χ0) is 8.72. The summed E-state index contributed by atoms with van der Waals surface area (Å²) in [5, 5.41) is 0.